The molecular formula is C32H68AuBrN. The van der Waals surface area contributed by atoms with Crippen molar-refractivity contribution in [3.8, 4) is 0 Å². The molecule has 0 aliphatic carbocycles. The maximum atomic E-state index is 2.34. The fourth-order valence-electron chi connectivity index (χ4n) is 5.58. The summed E-state index contributed by atoms with van der Waals surface area (Å²) >= 11 is 0. The standard InChI is InChI=1S/C32H68N.Au.BrH/c1-5-9-13-17-21-25-29-33(30-26-22-18-14-10-6-2,31-27-23-19-15-11-7-3)32-28-24-20-16-12-8-4;;/h5-32H2,1-4H3;;1H/q+1;;/p-1. The smallest absolute Gasteiger partial charge is 0.0786 e. The number of halogens is 1. The number of nitrogens with zero attached hydrogens (tertiary/aromatic N) is 1. The molecule has 0 N–H and O–H groups in total. The van der Waals surface area contributed by atoms with Crippen LogP contribution in [-0.2, 0) is 22.4 Å². The summed E-state index contributed by atoms with van der Waals surface area (Å²) in [5.74, 6) is 0. The first-order valence-corrected chi connectivity index (χ1v) is 16.1. The Balaban J connectivity index is -0.00000512. The summed E-state index contributed by atoms with van der Waals surface area (Å²) in [4.78, 5) is 0. The fourth-order valence-corrected chi connectivity index (χ4v) is 5.58. The molecule has 0 spiro atoms. The molecular weight excluding hydrogens is 675 g/mol. The molecule has 1 nitrogen and oxygen atoms in total. The van der Waals surface area contributed by atoms with Gasteiger partial charge in [0.2, 0.25) is 0 Å². The zero-order chi connectivity index (χ0) is 24.3. The van der Waals surface area contributed by atoms with Gasteiger partial charge in [0.1, 0.15) is 0 Å². The van der Waals surface area contributed by atoms with E-state index in [1.165, 1.54) is 185 Å². The Morgan fingerprint density at radius 2 is 0.457 bits per heavy atom. The SMILES string of the molecule is CCCCCCCC[N+](CCCCCCCC)(CCCCCCCC)CCCCCCCC.[Au].[Br-]. The van der Waals surface area contributed by atoms with Gasteiger partial charge in [-0.3, -0.25) is 0 Å². The molecule has 0 aromatic carbocycles. The van der Waals surface area contributed by atoms with Crippen LogP contribution in [0.2, 0.25) is 0 Å². The summed E-state index contributed by atoms with van der Waals surface area (Å²) in [5, 5.41) is 0. The van der Waals surface area contributed by atoms with Crippen LogP contribution in [0.4, 0.5) is 0 Å². The molecule has 0 aromatic heterocycles. The summed E-state index contributed by atoms with van der Waals surface area (Å²) < 4.78 is 1.48. The molecule has 35 heavy (non-hydrogen) atoms. The Kier molecular flexibility index (Phi) is 38.6. The van der Waals surface area contributed by atoms with Crippen molar-refractivity contribution in [2.24, 2.45) is 0 Å². The van der Waals surface area contributed by atoms with Crippen LogP contribution in [0.15, 0.2) is 0 Å². The number of unbranched alkanes of at least 4 members (excludes halogenated alkanes) is 20. The minimum Gasteiger partial charge on any atom is -1.00 e. The van der Waals surface area contributed by atoms with E-state index in [1.807, 2.05) is 0 Å². The Labute approximate surface area is 250 Å². The Hall–Kier alpha value is 1.18. The van der Waals surface area contributed by atoms with Crippen LogP contribution in [0.3, 0.4) is 0 Å². The second kappa shape index (κ2) is 33.2. The van der Waals surface area contributed by atoms with Gasteiger partial charge in [-0.05, 0) is 51.4 Å². The number of hydrogen-bond donors (Lipinski definition) is 0. The predicted octanol–water partition coefficient (Wildman–Crippen LogP) is 8.25. The van der Waals surface area contributed by atoms with E-state index in [4.69, 9.17) is 0 Å². The second-order valence-corrected chi connectivity index (χ2v) is 11.3. The molecule has 1 radical (unpaired) electrons. The van der Waals surface area contributed by atoms with Crippen molar-refractivity contribution in [2.45, 2.75) is 182 Å². The van der Waals surface area contributed by atoms with Crippen molar-refractivity contribution in [3.05, 3.63) is 0 Å². The van der Waals surface area contributed by atoms with E-state index in [1.54, 1.807) is 0 Å². The quantitative estimate of drug-likeness (QED) is 0.0431. The van der Waals surface area contributed by atoms with Crippen LogP contribution >= 0.6 is 0 Å². The normalized spacial score (nSPS) is 11.3. The van der Waals surface area contributed by atoms with E-state index in [9.17, 15) is 0 Å². The van der Waals surface area contributed by atoms with Crippen molar-refractivity contribution >= 4 is 0 Å². The van der Waals surface area contributed by atoms with Gasteiger partial charge in [-0.2, -0.15) is 0 Å². The van der Waals surface area contributed by atoms with E-state index in [-0.39, 0.29) is 39.4 Å². The molecule has 0 aliphatic heterocycles. The molecule has 0 atom stereocenters. The maximum absolute atomic E-state index is 2.34. The Bertz CT molecular complexity index is 294. The molecule has 0 saturated heterocycles. The monoisotopic (exact) mass is 742 g/mol. The Morgan fingerprint density at radius 1 is 0.286 bits per heavy atom. The first-order chi connectivity index (χ1) is 16.2. The average Bonchev–Trinajstić information content (AvgIpc) is 2.83. The van der Waals surface area contributed by atoms with E-state index < -0.39 is 0 Å². The van der Waals surface area contributed by atoms with Gasteiger partial charge in [0, 0.05) is 22.4 Å². The average molecular weight is 744 g/mol. The van der Waals surface area contributed by atoms with Gasteiger partial charge < -0.3 is 21.5 Å². The Morgan fingerprint density at radius 3 is 0.657 bits per heavy atom. The van der Waals surface area contributed by atoms with Gasteiger partial charge in [-0.1, -0.05) is 130 Å². The number of hydrogen-bond acceptors (Lipinski definition) is 0. The van der Waals surface area contributed by atoms with Crippen molar-refractivity contribution in [1.82, 2.24) is 0 Å². The third kappa shape index (κ3) is 28.0. The second-order valence-electron chi connectivity index (χ2n) is 11.3. The van der Waals surface area contributed by atoms with Crippen molar-refractivity contribution in [2.75, 3.05) is 26.2 Å². The van der Waals surface area contributed by atoms with Gasteiger partial charge in [0.25, 0.3) is 0 Å². The number of quaternary nitrogens is 1. The van der Waals surface area contributed by atoms with E-state index in [2.05, 4.69) is 27.7 Å². The molecule has 0 amide bonds. The van der Waals surface area contributed by atoms with Crippen LogP contribution in [0.5, 0.6) is 0 Å². The van der Waals surface area contributed by atoms with Crippen molar-refractivity contribution in [1.29, 1.82) is 0 Å². The molecule has 0 bridgehead atoms. The van der Waals surface area contributed by atoms with Crippen molar-refractivity contribution in [3.63, 3.8) is 0 Å². The van der Waals surface area contributed by atoms with Gasteiger partial charge >= 0.3 is 0 Å². The zero-order valence-electron chi connectivity index (χ0n) is 24.9. The van der Waals surface area contributed by atoms with Gasteiger partial charge in [-0.15, -0.1) is 0 Å². The third-order valence-electron chi connectivity index (χ3n) is 7.94. The molecule has 0 heterocycles. The van der Waals surface area contributed by atoms with Crippen LogP contribution in [0, 0.1) is 0 Å². The topological polar surface area (TPSA) is 0 Å². The van der Waals surface area contributed by atoms with Gasteiger partial charge in [0.05, 0.1) is 26.2 Å². The maximum Gasteiger partial charge on any atom is 0.0786 e. The zero-order valence-corrected chi connectivity index (χ0v) is 28.7. The fraction of sp³-hybridized carbons (Fsp3) is 1.00. The molecule has 3 heteroatoms. The summed E-state index contributed by atoms with van der Waals surface area (Å²) in [6.07, 6.45) is 34.8. The minimum atomic E-state index is 0. The van der Waals surface area contributed by atoms with E-state index >= 15 is 0 Å². The van der Waals surface area contributed by atoms with Crippen LogP contribution in [-0.4, -0.2) is 30.7 Å². The molecule has 0 fully saturated rings. The largest absolute Gasteiger partial charge is 1.00 e. The van der Waals surface area contributed by atoms with Gasteiger partial charge in [-0.25, -0.2) is 0 Å². The van der Waals surface area contributed by atoms with E-state index in [0.29, 0.717) is 0 Å². The van der Waals surface area contributed by atoms with Crippen molar-refractivity contribution < 1.29 is 43.8 Å². The number of rotatable bonds is 28. The van der Waals surface area contributed by atoms with Gasteiger partial charge in [0.15, 0.2) is 0 Å². The summed E-state index contributed by atoms with van der Waals surface area (Å²) in [6, 6.07) is 0. The minimum absolute atomic E-state index is 0. The molecule has 219 valence electrons. The first-order valence-electron chi connectivity index (χ1n) is 16.1. The molecule has 0 unspecified atom stereocenters. The van der Waals surface area contributed by atoms with Crippen LogP contribution in [0.1, 0.15) is 182 Å². The summed E-state index contributed by atoms with van der Waals surface area (Å²) in [5.41, 5.74) is 0. The summed E-state index contributed by atoms with van der Waals surface area (Å²) in [6.45, 7) is 15.3. The molecule has 0 aliphatic rings. The molecule has 0 saturated carbocycles. The molecule has 0 aromatic rings. The first kappa shape index (κ1) is 40.7. The summed E-state index contributed by atoms with van der Waals surface area (Å²) in [7, 11) is 0. The third-order valence-corrected chi connectivity index (χ3v) is 7.94. The van der Waals surface area contributed by atoms with Crippen LogP contribution in [0.25, 0.3) is 0 Å². The predicted molar refractivity (Wildman–Crippen MR) is 153 cm³/mol. The molecule has 0 rings (SSSR count). The van der Waals surface area contributed by atoms with E-state index in [0.717, 1.165) is 0 Å². The van der Waals surface area contributed by atoms with Crippen LogP contribution < -0.4 is 17.0 Å².